The molecule has 7 heteroatoms. The van der Waals surface area contributed by atoms with Gasteiger partial charge in [0.05, 0.1) is 5.56 Å². The Labute approximate surface area is 142 Å². The number of hydrogen-bond donors (Lipinski definition) is 2. The summed E-state index contributed by atoms with van der Waals surface area (Å²) in [4.78, 5) is 28.0. The van der Waals surface area contributed by atoms with Crippen molar-refractivity contribution in [3.8, 4) is 0 Å². The summed E-state index contributed by atoms with van der Waals surface area (Å²) in [5.74, 6) is -2.54. The smallest absolute Gasteiger partial charge is 0.341 e. The Morgan fingerprint density at radius 2 is 1.92 bits per heavy atom. The van der Waals surface area contributed by atoms with E-state index in [0.29, 0.717) is 5.69 Å². The van der Waals surface area contributed by atoms with Crippen LogP contribution >= 0.6 is 11.6 Å². The van der Waals surface area contributed by atoms with E-state index in [4.69, 9.17) is 11.6 Å². The van der Waals surface area contributed by atoms with E-state index in [2.05, 4.69) is 10.3 Å². The molecule has 0 aliphatic carbocycles. The molecule has 0 aliphatic rings. The summed E-state index contributed by atoms with van der Waals surface area (Å²) in [6.07, 6.45) is 1.66. The van der Waals surface area contributed by atoms with Crippen LogP contribution in [0, 0.1) is 5.82 Å². The largest absolute Gasteiger partial charge is 0.477 e. The van der Waals surface area contributed by atoms with Gasteiger partial charge in [-0.15, -0.1) is 0 Å². The molecule has 0 atom stereocenters. The molecule has 5 nitrogen and oxygen atoms in total. The van der Waals surface area contributed by atoms with Gasteiger partial charge in [0, 0.05) is 17.6 Å². The highest BCUT2D eigenvalue weighted by Crippen LogP contribution is 2.22. The van der Waals surface area contributed by atoms with Crippen molar-refractivity contribution in [3.05, 3.63) is 70.4 Å². The molecule has 1 aromatic carbocycles. The molecular weight excluding hydrogens is 335 g/mol. The summed E-state index contributed by atoms with van der Waals surface area (Å²) >= 11 is 5.88. The number of Topliss-reactive ketones (excluding diaryl/α,β-unsaturated/α-hetero) is 1. The van der Waals surface area contributed by atoms with E-state index in [-0.39, 0.29) is 22.8 Å². The van der Waals surface area contributed by atoms with Crippen molar-refractivity contribution in [1.82, 2.24) is 4.98 Å². The number of benzene rings is 1. The average molecular weight is 349 g/mol. The van der Waals surface area contributed by atoms with Crippen LogP contribution in [0.2, 0.25) is 5.15 Å². The third-order valence-corrected chi connectivity index (χ3v) is 3.54. The van der Waals surface area contributed by atoms with Gasteiger partial charge < -0.3 is 10.4 Å². The fourth-order valence-electron chi connectivity index (χ4n) is 2.09. The second-order valence-electron chi connectivity index (χ2n) is 4.82. The Morgan fingerprint density at radius 1 is 1.25 bits per heavy atom. The molecule has 0 saturated carbocycles. The average Bonchev–Trinajstić information content (AvgIpc) is 2.56. The number of allylic oxidation sites excluding steroid dienone is 1. The molecule has 0 bridgehead atoms. The van der Waals surface area contributed by atoms with E-state index < -0.39 is 23.1 Å². The molecule has 1 heterocycles. The first-order chi connectivity index (χ1) is 11.4. The molecule has 0 fully saturated rings. The first kappa shape index (κ1) is 17.6. The number of anilines is 1. The van der Waals surface area contributed by atoms with Crippen molar-refractivity contribution >= 4 is 29.0 Å². The number of carboxylic acids is 1. The van der Waals surface area contributed by atoms with Crippen LogP contribution < -0.4 is 5.32 Å². The third-order valence-electron chi connectivity index (χ3n) is 3.24. The normalized spacial score (nSPS) is 11.6. The van der Waals surface area contributed by atoms with Gasteiger partial charge in [0.25, 0.3) is 0 Å². The number of pyridine rings is 1. The standard InChI is InChI=1S/C17H14ClFN2O3/c1-2-13(21-11-7-5-10(19)6-8-11)14(17(23)24)15(22)12-4-3-9-20-16(12)18/h3-9,21H,2H2,1H3,(H,23,24). The Kier molecular flexibility index (Phi) is 5.65. The molecule has 0 radical (unpaired) electrons. The monoisotopic (exact) mass is 348 g/mol. The molecule has 124 valence electrons. The second kappa shape index (κ2) is 7.70. The van der Waals surface area contributed by atoms with Gasteiger partial charge in [-0.3, -0.25) is 4.79 Å². The quantitative estimate of drug-likeness (QED) is 0.272. The molecule has 24 heavy (non-hydrogen) atoms. The van der Waals surface area contributed by atoms with E-state index in [9.17, 15) is 19.1 Å². The number of carbonyl (C=O) groups excluding carboxylic acids is 1. The van der Waals surface area contributed by atoms with E-state index in [1.165, 1.54) is 42.6 Å². The number of aromatic nitrogens is 1. The number of carbonyl (C=O) groups is 2. The van der Waals surface area contributed by atoms with Crippen molar-refractivity contribution < 1.29 is 19.1 Å². The Hall–Kier alpha value is -2.73. The van der Waals surface area contributed by atoms with Crippen molar-refractivity contribution in [2.24, 2.45) is 0 Å². The van der Waals surface area contributed by atoms with Gasteiger partial charge >= 0.3 is 5.97 Å². The first-order valence-electron chi connectivity index (χ1n) is 7.08. The number of hydrogen-bond acceptors (Lipinski definition) is 4. The van der Waals surface area contributed by atoms with E-state index in [1.54, 1.807) is 6.92 Å². The summed E-state index contributed by atoms with van der Waals surface area (Å²) in [6.45, 7) is 1.70. The minimum Gasteiger partial charge on any atom is -0.477 e. The third kappa shape index (κ3) is 3.97. The maximum absolute atomic E-state index is 13.0. The van der Waals surface area contributed by atoms with Crippen molar-refractivity contribution in [3.63, 3.8) is 0 Å². The number of nitrogens with one attached hydrogen (secondary N) is 1. The molecule has 0 aliphatic heterocycles. The lowest BCUT2D eigenvalue weighted by atomic mass is 10.0. The zero-order chi connectivity index (χ0) is 17.7. The molecule has 2 aromatic rings. The lowest BCUT2D eigenvalue weighted by molar-refractivity contribution is -0.132. The highest BCUT2D eigenvalue weighted by Gasteiger charge is 2.25. The van der Waals surface area contributed by atoms with Crippen molar-refractivity contribution in [2.45, 2.75) is 13.3 Å². The molecule has 1 aromatic heterocycles. The summed E-state index contributed by atoms with van der Waals surface area (Å²) in [7, 11) is 0. The molecule has 0 amide bonds. The lowest BCUT2D eigenvalue weighted by Crippen LogP contribution is -2.19. The van der Waals surface area contributed by atoms with Gasteiger partial charge in [0.1, 0.15) is 16.5 Å². The molecule has 0 unspecified atom stereocenters. The van der Waals surface area contributed by atoms with Crippen LogP contribution in [0.3, 0.4) is 0 Å². The molecule has 0 saturated heterocycles. The Morgan fingerprint density at radius 3 is 2.46 bits per heavy atom. The van der Waals surface area contributed by atoms with Crippen LogP contribution in [0.15, 0.2) is 53.9 Å². The number of nitrogens with zero attached hydrogens (tertiary/aromatic N) is 1. The van der Waals surface area contributed by atoms with Crippen LogP contribution in [0.4, 0.5) is 10.1 Å². The van der Waals surface area contributed by atoms with Gasteiger partial charge in [-0.1, -0.05) is 18.5 Å². The van der Waals surface area contributed by atoms with Crippen molar-refractivity contribution in [1.29, 1.82) is 0 Å². The summed E-state index contributed by atoms with van der Waals surface area (Å²) < 4.78 is 13.0. The fraction of sp³-hybridized carbons (Fsp3) is 0.118. The SMILES string of the molecule is CCC(Nc1ccc(F)cc1)=C(C(=O)O)C(=O)c1cccnc1Cl. The molecule has 2 N–H and O–H groups in total. The van der Waals surface area contributed by atoms with Gasteiger partial charge in [-0.05, 0) is 42.8 Å². The fourth-order valence-corrected chi connectivity index (χ4v) is 2.29. The zero-order valence-corrected chi connectivity index (χ0v) is 13.5. The molecule has 0 spiro atoms. The molecule has 2 rings (SSSR count). The predicted molar refractivity (Wildman–Crippen MR) is 88.6 cm³/mol. The van der Waals surface area contributed by atoms with Crippen LogP contribution in [-0.4, -0.2) is 21.8 Å². The maximum atomic E-state index is 13.0. The van der Waals surface area contributed by atoms with Crippen LogP contribution in [-0.2, 0) is 4.79 Å². The Bertz CT molecular complexity index is 804. The number of rotatable bonds is 6. The van der Waals surface area contributed by atoms with Gasteiger partial charge in [0.15, 0.2) is 0 Å². The number of ketones is 1. The van der Waals surface area contributed by atoms with Crippen molar-refractivity contribution in [2.75, 3.05) is 5.32 Å². The van der Waals surface area contributed by atoms with E-state index >= 15 is 0 Å². The van der Waals surface area contributed by atoms with Gasteiger partial charge in [0.2, 0.25) is 5.78 Å². The predicted octanol–water partition coefficient (Wildman–Crippen LogP) is 3.92. The van der Waals surface area contributed by atoms with Crippen LogP contribution in [0.25, 0.3) is 0 Å². The van der Waals surface area contributed by atoms with E-state index in [0.717, 1.165) is 0 Å². The summed E-state index contributed by atoms with van der Waals surface area (Å²) in [5, 5.41) is 12.3. The minimum absolute atomic E-state index is 0.00317. The topological polar surface area (TPSA) is 79.3 Å². The van der Waals surface area contributed by atoms with Gasteiger partial charge in [-0.25, -0.2) is 14.2 Å². The zero-order valence-electron chi connectivity index (χ0n) is 12.7. The number of carboxylic acid groups (broad SMARTS) is 1. The highest BCUT2D eigenvalue weighted by atomic mass is 35.5. The lowest BCUT2D eigenvalue weighted by Gasteiger charge is -2.13. The first-order valence-corrected chi connectivity index (χ1v) is 7.46. The highest BCUT2D eigenvalue weighted by molar-refractivity contribution is 6.36. The summed E-state index contributed by atoms with van der Waals surface area (Å²) in [5.41, 5.74) is 0.233. The summed E-state index contributed by atoms with van der Waals surface area (Å²) in [6, 6.07) is 8.27. The van der Waals surface area contributed by atoms with Gasteiger partial charge in [-0.2, -0.15) is 0 Å². The molecular formula is C17H14ClFN2O3. The number of halogens is 2. The van der Waals surface area contributed by atoms with E-state index in [1.807, 2.05) is 0 Å². The second-order valence-corrected chi connectivity index (χ2v) is 5.17. The number of aliphatic carboxylic acids is 1. The maximum Gasteiger partial charge on any atom is 0.341 e. The van der Waals surface area contributed by atoms with Crippen LogP contribution in [0.5, 0.6) is 0 Å². The minimum atomic E-state index is -1.38. The van der Waals surface area contributed by atoms with Crippen LogP contribution in [0.1, 0.15) is 23.7 Å². The Balaban J connectivity index is 2.46.